The van der Waals surface area contributed by atoms with E-state index in [1.807, 2.05) is 54.6 Å². The van der Waals surface area contributed by atoms with Crippen molar-refractivity contribution in [3.63, 3.8) is 0 Å². The van der Waals surface area contributed by atoms with Gasteiger partial charge in [0.15, 0.2) is 6.61 Å². The molecule has 3 aromatic rings. The van der Waals surface area contributed by atoms with Crippen LogP contribution in [0, 0.1) is 0 Å². The third kappa shape index (κ3) is 4.33. The minimum absolute atomic E-state index is 0.0761. The van der Waals surface area contributed by atoms with Gasteiger partial charge >= 0.3 is 0 Å². The lowest BCUT2D eigenvalue weighted by Gasteiger charge is -2.08. The molecule has 0 aliphatic heterocycles. The fraction of sp³-hybridized carbons (Fsp3) is 0.0526. The van der Waals surface area contributed by atoms with Crippen molar-refractivity contribution in [1.82, 2.24) is 4.98 Å². The number of hydrogen-bond donors (Lipinski definition) is 1. The zero-order valence-corrected chi connectivity index (χ0v) is 13.5. The highest BCUT2D eigenvalue weighted by molar-refractivity contribution is 6.29. The van der Waals surface area contributed by atoms with Crippen molar-refractivity contribution in [1.29, 1.82) is 0 Å². The van der Waals surface area contributed by atoms with Gasteiger partial charge in [-0.3, -0.25) is 4.79 Å². The smallest absolute Gasteiger partial charge is 0.262 e. The summed E-state index contributed by atoms with van der Waals surface area (Å²) in [6, 6.07) is 21.0. The first-order valence-corrected chi connectivity index (χ1v) is 7.78. The molecule has 0 spiro atoms. The molecule has 1 amide bonds. The normalized spacial score (nSPS) is 10.2. The topological polar surface area (TPSA) is 51.2 Å². The Kier molecular flexibility index (Phi) is 5.08. The van der Waals surface area contributed by atoms with Crippen LogP contribution in [0.5, 0.6) is 5.75 Å². The first-order valence-electron chi connectivity index (χ1n) is 7.40. The van der Waals surface area contributed by atoms with Crippen molar-refractivity contribution in [3.8, 4) is 16.9 Å². The van der Waals surface area contributed by atoms with Crippen LogP contribution in [0.25, 0.3) is 11.1 Å². The van der Waals surface area contributed by atoms with Crippen molar-refractivity contribution in [2.45, 2.75) is 0 Å². The third-order valence-corrected chi connectivity index (χ3v) is 3.57. The Bertz CT molecular complexity index is 803. The Hall–Kier alpha value is -2.85. The Morgan fingerprint density at radius 2 is 1.67 bits per heavy atom. The average molecular weight is 339 g/mol. The zero-order valence-electron chi connectivity index (χ0n) is 12.8. The van der Waals surface area contributed by atoms with Gasteiger partial charge in [0, 0.05) is 0 Å². The largest absolute Gasteiger partial charge is 0.484 e. The molecule has 0 radical (unpaired) electrons. The van der Waals surface area contributed by atoms with E-state index in [1.165, 1.54) is 6.20 Å². The van der Waals surface area contributed by atoms with E-state index in [9.17, 15) is 4.79 Å². The number of aromatic nitrogens is 1. The number of halogens is 1. The van der Waals surface area contributed by atoms with Crippen molar-refractivity contribution in [3.05, 3.63) is 78.1 Å². The standard InChI is InChI=1S/C19H15ClN2O2/c20-18-11-8-16(12-21-18)22-19(23)13-24-17-9-6-15(7-10-17)14-4-2-1-3-5-14/h1-12H,13H2,(H,22,23). The summed E-state index contributed by atoms with van der Waals surface area (Å²) in [6.07, 6.45) is 1.49. The molecule has 4 nitrogen and oxygen atoms in total. The van der Waals surface area contributed by atoms with Gasteiger partial charge in [0.2, 0.25) is 0 Å². The predicted molar refractivity (Wildman–Crippen MR) is 95.2 cm³/mol. The molecule has 0 saturated carbocycles. The van der Waals surface area contributed by atoms with Crippen LogP contribution in [0.15, 0.2) is 72.9 Å². The molecule has 2 aromatic carbocycles. The Morgan fingerprint density at radius 3 is 2.33 bits per heavy atom. The highest BCUT2D eigenvalue weighted by atomic mass is 35.5. The van der Waals surface area contributed by atoms with Gasteiger partial charge in [-0.2, -0.15) is 0 Å². The van der Waals surface area contributed by atoms with Crippen LogP contribution >= 0.6 is 11.6 Å². The summed E-state index contributed by atoms with van der Waals surface area (Å²) < 4.78 is 5.50. The first-order chi connectivity index (χ1) is 11.7. The van der Waals surface area contributed by atoms with Gasteiger partial charge in [0.05, 0.1) is 11.9 Å². The minimum atomic E-state index is -0.258. The van der Waals surface area contributed by atoms with Crippen LogP contribution in [-0.4, -0.2) is 17.5 Å². The number of anilines is 1. The van der Waals surface area contributed by atoms with Crippen LogP contribution in [0.3, 0.4) is 0 Å². The van der Waals surface area contributed by atoms with E-state index in [4.69, 9.17) is 16.3 Å². The molecule has 1 aromatic heterocycles. The van der Waals surface area contributed by atoms with E-state index in [0.29, 0.717) is 16.6 Å². The number of nitrogens with one attached hydrogen (secondary N) is 1. The van der Waals surface area contributed by atoms with Gasteiger partial charge in [-0.1, -0.05) is 54.1 Å². The molecule has 0 unspecified atom stereocenters. The van der Waals surface area contributed by atoms with Crippen molar-refractivity contribution < 1.29 is 9.53 Å². The Morgan fingerprint density at radius 1 is 0.958 bits per heavy atom. The van der Waals surface area contributed by atoms with E-state index >= 15 is 0 Å². The molecule has 0 bridgehead atoms. The summed E-state index contributed by atoms with van der Waals surface area (Å²) >= 11 is 5.70. The second kappa shape index (κ2) is 7.62. The SMILES string of the molecule is O=C(COc1ccc(-c2ccccc2)cc1)Nc1ccc(Cl)nc1. The summed E-state index contributed by atoms with van der Waals surface area (Å²) in [5, 5.41) is 3.07. The molecule has 0 aliphatic carbocycles. The number of nitrogens with zero attached hydrogens (tertiary/aromatic N) is 1. The lowest BCUT2D eigenvalue weighted by Crippen LogP contribution is -2.20. The maximum atomic E-state index is 11.9. The summed E-state index contributed by atoms with van der Waals surface area (Å²) in [6.45, 7) is -0.0761. The fourth-order valence-electron chi connectivity index (χ4n) is 2.17. The molecule has 1 N–H and O–H groups in total. The average Bonchev–Trinajstić information content (AvgIpc) is 2.63. The van der Waals surface area contributed by atoms with Crippen LogP contribution in [-0.2, 0) is 4.79 Å². The minimum Gasteiger partial charge on any atom is -0.484 e. The summed E-state index contributed by atoms with van der Waals surface area (Å²) in [4.78, 5) is 15.8. The van der Waals surface area contributed by atoms with E-state index in [0.717, 1.165) is 11.1 Å². The molecular weight excluding hydrogens is 324 g/mol. The number of ether oxygens (including phenoxy) is 1. The molecule has 0 fully saturated rings. The molecular formula is C19H15ClN2O2. The zero-order chi connectivity index (χ0) is 16.8. The number of carbonyl (C=O) groups excluding carboxylic acids is 1. The number of amides is 1. The van der Waals surface area contributed by atoms with Gasteiger partial charge < -0.3 is 10.1 Å². The van der Waals surface area contributed by atoms with Crippen LogP contribution < -0.4 is 10.1 Å². The lowest BCUT2D eigenvalue weighted by atomic mass is 10.1. The molecule has 1 heterocycles. The van der Waals surface area contributed by atoms with Crippen LogP contribution in [0.1, 0.15) is 0 Å². The molecule has 3 rings (SSSR count). The third-order valence-electron chi connectivity index (χ3n) is 3.34. The second-order valence-electron chi connectivity index (χ2n) is 5.10. The highest BCUT2D eigenvalue weighted by Crippen LogP contribution is 2.22. The van der Waals surface area contributed by atoms with Gasteiger partial charge in [0.25, 0.3) is 5.91 Å². The van der Waals surface area contributed by atoms with E-state index in [2.05, 4.69) is 10.3 Å². The van der Waals surface area contributed by atoms with Crippen molar-refractivity contribution in [2.24, 2.45) is 0 Å². The fourth-order valence-corrected chi connectivity index (χ4v) is 2.28. The molecule has 120 valence electrons. The maximum absolute atomic E-state index is 11.9. The number of carbonyl (C=O) groups is 1. The maximum Gasteiger partial charge on any atom is 0.262 e. The van der Waals surface area contributed by atoms with Crippen LogP contribution in [0.2, 0.25) is 5.15 Å². The number of pyridine rings is 1. The van der Waals surface area contributed by atoms with Gasteiger partial charge in [-0.05, 0) is 35.4 Å². The Labute approximate surface area is 145 Å². The van der Waals surface area contributed by atoms with E-state index in [-0.39, 0.29) is 12.5 Å². The molecule has 0 aliphatic rings. The Balaban J connectivity index is 1.54. The lowest BCUT2D eigenvalue weighted by molar-refractivity contribution is -0.118. The second-order valence-corrected chi connectivity index (χ2v) is 5.48. The van der Waals surface area contributed by atoms with Gasteiger partial charge in [0.1, 0.15) is 10.9 Å². The number of rotatable bonds is 5. The molecule has 0 saturated heterocycles. The molecule has 24 heavy (non-hydrogen) atoms. The van der Waals surface area contributed by atoms with Crippen LogP contribution in [0.4, 0.5) is 5.69 Å². The molecule has 0 atom stereocenters. The van der Waals surface area contributed by atoms with Crippen molar-refractivity contribution in [2.75, 3.05) is 11.9 Å². The summed E-state index contributed by atoms with van der Waals surface area (Å²) in [5.74, 6) is 0.380. The predicted octanol–water partition coefficient (Wildman–Crippen LogP) is 4.42. The summed E-state index contributed by atoms with van der Waals surface area (Å²) in [7, 11) is 0. The first kappa shape index (κ1) is 16.0. The number of hydrogen-bond acceptors (Lipinski definition) is 3. The van der Waals surface area contributed by atoms with Crippen molar-refractivity contribution >= 4 is 23.2 Å². The quantitative estimate of drug-likeness (QED) is 0.701. The van der Waals surface area contributed by atoms with E-state index in [1.54, 1.807) is 12.1 Å². The highest BCUT2D eigenvalue weighted by Gasteiger charge is 2.05. The van der Waals surface area contributed by atoms with Gasteiger partial charge in [-0.15, -0.1) is 0 Å². The number of benzene rings is 2. The summed E-state index contributed by atoms with van der Waals surface area (Å²) in [5.41, 5.74) is 2.81. The van der Waals surface area contributed by atoms with E-state index < -0.39 is 0 Å². The van der Waals surface area contributed by atoms with Gasteiger partial charge in [-0.25, -0.2) is 4.98 Å². The molecule has 5 heteroatoms. The monoisotopic (exact) mass is 338 g/mol.